The second-order valence-electron chi connectivity index (χ2n) is 5.71. The van der Waals surface area contributed by atoms with E-state index in [2.05, 4.69) is 10.1 Å². The quantitative estimate of drug-likeness (QED) is 0.573. The SMILES string of the molecule is COC(=O)[C@](CCC1CCCN1)(OC(=O)c1ccccc1)C(=O)O. The number of benzene rings is 1. The minimum absolute atomic E-state index is 0.101. The molecule has 0 radical (unpaired) electrons. The van der Waals surface area contributed by atoms with Crippen molar-refractivity contribution in [2.24, 2.45) is 0 Å². The number of hydrogen-bond acceptors (Lipinski definition) is 6. The van der Waals surface area contributed by atoms with Crippen LogP contribution in [0.3, 0.4) is 0 Å². The fourth-order valence-corrected chi connectivity index (χ4v) is 2.77. The molecule has 1 aliphatic heterocycles. The average Bonchev–Trinajstić information content (AvgIpc) is 3.11. The van der Waals surface area contributed by atoms with E-state index < -0.39 is 23.5 Å². The zero-order valence-corrected chi connectivity index (χ0v) is 13.5. The van der Waals surface area contributed by atoms with Crippen molar-refractivity contribution in [3.05, 3.63) is 35.9 Å². The Kier molecular flexibility index (Phi) is 5.92. The third kappa shape index (κ3) is 3.91. The Morgan fingerprint density at radius 2 is 2.00 bits per heavy atom. The van der Waals surface area contributed by atoms with Gasteiger partial charge in [-0.3, -0.25) is 0 Å². The summed E-state index contributed by atoms with van der Waals surface area (Å²) in [6, 6.07) is 8.05. The van der Waals surface area contributed by atoms with Crippen molar-refractivity contribution in [1.82, 2.24) is 5.32 Å². The smallest absolute Gasteiger partial charge is 0.362 e. The molecule has 1 aromatic carbocycles. The molecule has 7 heteroatoms. The first-order valence-corrected chi connectivity index (χ1v) is 7.83. The van der Waals surface area contributed by atoms with Gasteiger partial charge in [0.15, 0.2) is 0 Å². The van der Waals surface area contributed by atoms with Crippen LogP contribution >= 0.6 is 0 Å². The van der Waals surface area contributed by atoms with Gasteiger partial charge < -0.3 is 19.9 Å². The Bertz CT molecular complexity index is 596. The number of ether oxygens (including phenoxy) is 2. The van der Waals surface area contributed by atoms with E-state index in [1.807, 2.05) is 0 Å². The summed E-state index contributed by atoms with van der Waals surface area (Å²) in [7, 11) is 1.07. The predicted octanol–water partition coefficient (Wildman–Crippen LogP) is 1.37. The number of hydrogen-bond donors (Lipinski definition) is 2. The van der Waals surface area contributed by atoms with Crippen LogP contribution in [0, 0.1) is 0 Å². The molecule has 130 valence electrons. The summed E-state index contributed by atoms with van der Waals surface area (Å²) in [5.41, 5.74) is -2.17. The molecule has 1 fully saturated rings. The number of carbonyl (C=O) groups is 3. The average molecular weight is 335 g/mol. The van der Waals surface area contributed by atoms with Crippen molar-refractivity contribution in [3.63, 3.8) is 0 Å². The molecule has 2 N–H and O–H groups in total. The maximum Gasteiger partial charge on any atom is 0.362 e. The van der Waals surface area contributed by atoms with Gasteiger partial charge in [0, 0.05) is 12.5 Å². The number of esters is 2. The maximum atomic E-state index is 12.3. The van der Waals surface area contributed by atoms with Crippen LogP contribution in [0.25, 0.3) is 0 Å². The van der Waals surface area contributed by atoms with Crippen LogP contribution in [0.5, 0.6) is 0 Å². The second-order valence-corrected chi connectivity index (χ2v) is 5.71. The zero-order valence-electron chi connectivity index (χ0n) is 13.5. The lowest BCUT2D eigenvalue weighted by atomic mass is 9.94. The number of carbonyl (C=O) groups excluding carboxylic acids is 2. The first kappa shape index (κ1) is 17.9. The lowest BCUT2D eigenvalue weighted by molar-refractivity contribution is -0.179. The normalized spacial score (nSPS) is 19.3. The van der Waals surface area contributed by atoms with E-state index in [0.29, 0.717) is 6.42 Å². The molecule has 1 aromatic rings. The Hall–Kier alpha value is -2.41. The Morgan fingerprint density at radius 3 is 2.54 bits per heavy atom. The summed E-state index contributed by atoms with van der Waals surface area (Å²) in [5, 5.41) is 12.8. The van der Waals surface area contributed by atoms with Crippen LogP contribution < -0.4 is 5.32 Å². The minimum Gasteiger partial charge on any atom is -0.478 e. The van der Waals surface area contributed by atoms with Gasteiger partial charge in [0.25, 0.3) is 0 Å². The Labute approximate surface area is 139 Å². The van der Waals surface area contributed by atoms with Gasteiger partial charge in [-0.1, -0.05) is 18.2 Å². The third-order valence-corrected chi connectivity index (χ3v) is 4.14. The topological polar surface area (TPSA) is 102 Å². The molecule has 1 heterocycles. The van der Waals surface area contributed by atoms with Crippen molar-refractivity contribution < 1.29 is 29.0 Å². The van der Waals surface area contributed by atoms with Crippen LogP contribution in [0.2, 0.25) is 0 Å². The number of rotatable bonds is 7. The summed E-state index contributed by atoms with van der Waals surface area (Å²) < 4.78 is 9.77. The molecule has 0 saturated carbocycles. The highest BCUT2D eigenvalue weighted by Crippen LogP contribution is 2.26. The van der Waals surface area contributed by atoms with Gasteiger partial charge in [0.2, 0.25) is 0 Å². The number of carboxylic acids is 1. The van der Waals surface area contributed by atoms with E-state index in [-0.39, 0.29) is 18.0 Å². The molecule has 1 aliphatic rings. The first-order chi connectivity index (χ1) is 11.5. The predicted molar refractivity (Wildman–Crippen MR) is 84.5 cm³/mol. The molecule has 2 atom stereocenters. The van der Waals surface area contributed by atoms with E-state index in [4.69, 9.17) is 4.74 Å². The minimum atomic E-state index is -2.34. The van der Waals surface area contributed by atoms with Gasteiger partial charge in [0.1, 0.15) is 0 Å². The number of carboxylic acid groups (broad SMARTS) is 1. The zero-order chi connectivity index (χ0) is 17.6. The van der Waals surface area contributed by atoms with Crippen LogP contribution in [0.15, 0.2) is 30.3 Å². The van der Waals surface area contributed by atoms with Gasteiger partial charge in [-0.05, 0) is 37.9 Å². The highest BCUT2D eigenvalue weighted by atomic mass is 16.6. The van der Waals surface area contributed by atoms with Crippen molar-refractivity contribution in [2.45, 2.75) is 37.3 Å². The van der Waals surface area contributed by atoms with E-state index in [1.54, 1.807) is 18.2 Å². The van der Waals surface area contributed by atoms with E-state index in [9.17, 15) is 19.5 Å². The van der Waals surface area contributed by atoms with Crippen LogP contribution in [0.1, 0.15) is 36.0 Å². The summed E-state index contributed by atoms with van der Waals surface area (Å²) >= 11 is 0. The fraction of sp³-hybridized carbons (Fsp3) is 0.471. The second kappa shape index (κ2) is 7.92. The lowest BCUT2D eigenvalue weighted by Crippen LogP contribution is -2.52. The molecular formula is C17H21NO6. The fourth-order valence-electron chi connectivity index (χ4n) is 2.77. The maximum absolute atomic E-state index is 12.3. The highest BCUT2D eigenvalue weighted by molar-refractivity contribution is 6.05. The molecule has 0 bridgehead atoms. The largest absolute Gasteiger partial charge is 0.478 e. The third-order valence-electron chi connectivity index (χ3n) is 4.14. The molecule has 2 rings (SSSR count). The monoisotopic (exact) mass is 335 g/mol. The number of methoxy groups -OCH3 is 1. The molecule has 1 saturated heterocycles. The molecule has 0 aliphatic carbocycles. The van der Waals surface area contributed by atoms with Gasteiger partial charge in [0.05, 0.1) is 12.7 Å². The van der Waals surface area contributed by atoms with E-state index in [0.717, 1.165) is 26.5 Å². The summed E-state index contributed by atoms with van der Waals surface area (Å²) in [6.07, 6.45) is 2.13. The molecule has 0 aromatic heterocycles. The molecule has 7 nitrogen and oxygen atoms in total. The first-order valence-electron chi connectivity index (χ1n) is 7.83. The number of nitrogens with one attached hydrogen (secondary N) is 1. The molecule has 1 unspecified atom stereocenters. The lowest BCUT2D eigenvalue weighted by Gasteiger charge is -2.27. The van der Waals surface area contributed by atoms with Gasteiger partial charge >= 0.3 is 23.5 Å². The van der Waals surface area contributed by atoms with Crippen LogP contribution in [0.4, 0.5) is 0 Å². The molecule has 0 amide bonds. The Morgan fingerprint density at radius 1 is 1.29 bits per heavy atom. The van der Waals surface area contributed by atoms with Crippen LogP contribution in [-0.4, -0.2) is 48.3 Å². The van der Waals surface area contributed by atoms with Crippen molar-refractivity contribution in [2.75, 3.05) is 13.7 Å². The highest BCUT2D eigenvalue weighted by Gasteiger charge is 2.52. The van der Waals surface area contributed by atoms with E-state index in [1.165, 1.54) is 12.1 Å². The molecular weight excluding hydrogens is 314 g/mol. The van der Waals surface area contributed by atoms with Gasteiger partial charge in [-0.25, -0.2) is 14.4 Å². The van der Waals surface area contributed by atoms with Crippen molar-refractivity contribution in [3.8, 4) is 0 Å². The standard InChI is InChI=1S/C17H21NO6/c1-23-16(22)17(15(20)21,10-9-13-8-5-11-18-13)24-14(19)12-6-3-2-4-7-12/h2-4,6-7,13,18H,5,8-11H2,1H3,(H,20,21)/t13?,17-/m1/s1. The van der Waals surface area contributed by atoms with E-state index >= 15 is 0 Å². The van der Waals surface area contributed by atoms with Crippen molar-refractivity contribution in [1.29, 1.82) is 0 Å². The molecule has 0 spiro atoms. The summed E-state index contributed by atoms with van der Waals surface area (Å²) in [4.78, 5) is 36.2. The molecule has 24 heavy (non-hydrogen) atoms. The van der Waals surface area contributed by atoms with Crippen molar-refractivity contribution >= 4 is 17.9 Å². The van der Waals surface area contributed by atoms with Gasteiger partial charge in [-0.2, -0.15) is 0 Å². The van der Waals surface area contributed by atoms with Gasteiger partial charge in [-0.15, -0.1) is 0 Å². The summed E-state index contributed by atoms with van der Waals surface area (Å²) in [5.74, 6) is -3.49. The summed E-state index contributed by atoms with van der Waals surface area (Å²) in [6.45, 7) is 0.854. The number of aliphatic carboxylic acids is 1. The Balaban J connectivity index is 2.21. The van der Waals surface area contributed by atoms with Crippen LogP contribution in [-0.2, 0) is 19.1 Å².